The lowest BCUT2D eigenvalue weighted by Crippen LogP contribution is -2.15. The number of hydrogen-bond donors (Lipinski definition) is 2. The number of hydrogen-bond acceptors (Lipinski definition) is 4. The summed E-state index contributed by atoms with van der Waals surface area (Å²) in [5.41, 5.74) is 2.23. The number of benzene rings is 2. The van der Waals surface area contributed by atoms with E-state index in [0.717, 1.165) is 16.6 Å². The number of pyridine rings is 1. The summed E-state index contributed by atoms with van der Waals surface area (Å²) in [7, 11) is 3.16. The lowest BCUT2D eigenvalue weighted by Gasteiger charge is -2.10. The molecule has 23 heavy (non-hydrogen) atoms. The van der Waals surface area contributed by atoms with Gasteiger partial charge in [-0.05, 0) is 24.3 Å². The molecule has 0 fully saturated rings. The molecule has 0 aliphatic heterocycles. The van der Waals surface area contributed by atoms with Gasteiger partial charge in [-0.15, -0.1) is 0 Å². The number of methoxy groups -OCH3 is 2. The highest BCUT2D eigenvalue weighted by Gasteiger charge is 2.09. The van der Waals surface area contributed by atoms with E-state index in [9.17, 15) is 4.79 Å². The van der Waals surface area contributed by atoms with Gasteiger partial charge in [0.2, 0.25) is 0 Å². The SMILES string of the molecule is COc1cc2cc(CNc3ccccc3)c(=O)[nH]c2cc1OC. The van der Waals surface area contributed by atoms with Crippen molar-refractivity contribution in [2.75, 3.05) is 19.5 Å². The second kappa shape index (κ2) is 6.44. The molecule has 3 aromatic rings. The van der Waals surface area contributed by atoms with Crippen molar-refractivity contribution < 1.29 is 9.47 Å². The summed E-state index contributed by atoms with van der Waals surface area (Å²) in [6.45, 7) is 0.448. The predicted molar refractivity (Wildman–Crippen MR) is 91.4 cm³/mol. The molecule has 3 rings (SSSR count). The van der Waals surface area contributed by atoms with Crippen molar-refractivity contribution in [1.29, 1.82) is 0 Å². The summed E-state index contributed by atoms with van der Waals surface area (Å²) in [6.07, 6.45) is 0. The normalized spacial score (nSPS) is 10.5. The van der Waals surface area contributed by atoms with Crippen LogP contribution < -0.4 is 20.3 Å². The molecule has 5 nitrogen and oxygen atoms in total. The van der Waals surface area contributed by atoms with E-state index in [1.807, 2.05) is 42.5 Å². The molecular weight excluding hydrogens is 292 g/mol. The Hall–Kier alpha value is -2.95. The van der Waals surface area contributed by atoms with Crippen LogP contribution in [0.4, 0.5) is 5.69 Å². The molecular formula is C18H18N2O3. The van der Waals surface area contributed by atoms with Gasteiger partial charge >= 0.3 is 0 Å². The van der Waals surface area contributed by atoms with E-state index >= 15 is 0 Å². The Morgan fingerprint density at radius 2 is 1.70 bits per heavy atom. The second-order valence-electron chi connectivity index (χ2n) is 5.14. The summed E-state index contributed by atoms with van der Waals surface area (Å²) >= 11 is 0. The molecule has 0 spiro atoms. The highest BCUT2D eigenvalue weighted by atomic mass is 16.5. The van der Waals surface area contributed by atoms with Gasteiger partial charge in [0.15, 0.2) is 11.5 Å². The molecule has 0 atom stereocenters. The minimum Gasteiger partial charge on any atom is -0.493 e. The summed E-state index contributed by atoms with van der Waals surface area (Å²) in [6, 6.07) is 15.3. The molecule has 118 valence electrons. The summed E-state index contributed by atoms with van der Waals surface area (Å²) in [5.74, 6) is 1.22. The quantitative estimate of drug-likeness (QED) is 0.760. The molecule has 0 aliphatic carbocycles. The molecule has 2 aromatic carbocycles. The molecule has 1 heterocycles. The Kier molecular flexibility index (Phi) is 4.19. The van der Waals surface area contributed by atoms with E-state index in [-0.39, 0.29) is 5.56 Å². The summed E-state index contributed by atoms with van der Waals surface area (Å²) < 4.78 is 10.6. The van der Waals surface area contributed by atoms with Crippen molar-refractivity contribution in [2.24, 2.45) is 0 Å². The van der Waals surface area contributed by atoms with Crippen molar-refractivity contribution in [1.82, 2.24) is 4.98 Å². The van der Waals surface area contributed by atoms with Crippen molar-refractivity contribution in [3.05, 3.63) is 64.4 Å². The number of aromatic nitrogens is 1. The fraction of sp³-hybridized carbons (Fsp3) is 0.167. The molecule has 5 heteroatoms. The maximum atomic E-state index is 12.2. The molecule has 0 saturated heterocycles. The molecule has 0 unspecified atom stereocenters. The zero-order chi connectivity index (χ0) is 16.2. The average molecular weight is 310 g/mol. The van der Waals surface area contributed by atoms with E-state index < -0.39 is 0 Å². The lowest BCUT2D eigenvalue weighted by atomic mass is 10.1. The number of aromatic amines is 1. The molecule has 0 aliphatic rings. The van der Waals surface area contributed by atoms with Gasteiger partial charge in [-0.2, -0.15) is 0 Å². The van der Waals surface area contributed by atoms with Crippen LogP contribution in [0.25, 0.3) is 10.9 Å². The van der Waals surface area contributed by atoms with Crippen LogP contribution in [0.1, 0.15) is 5.56 Å². The van der Waals surface area contributed by atoms with Gasteiger partial charge in [-0.25, -0.2) is 0 Å². The Morgan fingerprint density at radius 1 is 1.00 bits per heavy atom. The Labute approximate surface area is 133 Å². The third-order valence-electron chi connectivity index (χ3n) is 3.68. The fourth-order valence-electron chi connectivity index (χ4n) is 2.46. The van der Waals surface area contributed by atoms with Crippen molar-refractivity contribution in [2.45, 2.75) is 6.54 Å². The van der Waals surface area contributed by atoms with E-state index in [1.54, 1.807) is 20.3 Å². The van der Waals surface area contributed by atoms with E-state index in [1.165, 1.54) is 0 Å². The van der Waals surface area contributed by atoms with E-state index in [4.69, 9.17) is 9.47 Å². The second-order valence-corrected chi connectivity index (χ2v) is 5.14. The number of H-pyrrole nitrogens is 1. The highest BCUT2D eigenvalue weighted by molar-refractivity contribution is 5.83. The number of rotatable bonds is 5. The third kappa shape index (κ3) is 3.13. The first-order valence-electron chi connectivity index (χ1n) is 7.28. The monoisotopic (exact) mass is 310 g/mol. The Balaban J connectivity index is 1.95. The molecule has 1 aromatic heterocycles. The van der Waals surface area contributed by atoms with Gasteiger partial charge in [-0.3, -0.25) is 4.79 Å². The largest absolute Gasteiger partial charge is 0.493 e. The topological polar surface area (TPSA) is 63.3 Å². The van der Waals surface area contributed by atoms with Gasteiger partial charge in [0, 0.05) is 29.2 Å². The van der Waals surface area contributed by atoms with Gasteiger partial charge in [0.1, 0.15) is 0 Å². The minimum atomic E-state index is -0.117. The van der Waals surface area contributed by atoms with Gasteiger partial charge in [0.25, 0.3) is 5.56 Å². The van der Waals surface area contributed by atoms with Crippen LogP contribution in [0.2, 0.25) is 0 Å². The molecule has 2 N–H and O–H groups in total. The molecule has 0 amide bonds. The van der Waals surface area contributed by atoms with Crippen molar-refractivity contribution in [3.8, 4) is 11.5 Å². The minimum absolute atomic E-state index is 0.117. The zero-order valence-electron chi connectivity index (χ0n) is 13.1. The van der Waals surface area contributed by atoms with E-state index in [2.05, 4.69) is 10.3 Å². The molecule has 0 saturated carbocycles. The summed E-state index contributed by atoms with van der Waals surface area (Å²) in [5, 5.41) is 4.14. The van der Waals surface area contributed by atoms with E-state index in [0.29, 0.717) is 23.6 Å². The average Bonchev–Trinajstić information content (AvgIpc) is 2.59. The number of nitrogens with one attached hydrogen (secondary N) is 2. The third-order valence-corrected chi connectivity index (χ3v) is 3.68. The zero-order valence-corrected chi connectivity index (χ0v) is 13.1. The number of para-hydroxylation sites is 1. The van der Waals surface area contributed by atoms with Crippen molar-refractivity contribution in [3.63, 3.8) is 0 Å². The highest BCUT2D eigenvalue weighted by Crippen LogP contribution is 2.31. The van der Waals surface area contributed by atoms with Crippen LogP contribution in [0.5, 0.6) is 11.5 Å². The lowest BCUT2D eigenvalue weighted by molar-refractivity contribution is 0.356. The van der Waals surface area contributed by atoms with Crippen LogP contribution in [0, 0.1) is 0 Å². The molecule has 0 radical (unpaired) electrons. The van der Waals surface area contributed by atoms with Gasteiger partial charge in [-0.1, -0.05) is 18.2 Å². The maximum absolute atomic E-state index is 12.2. The maximum Gasteiger partial charge on any atom is 0.253 e. The summed E-state index contributed by atoms with van der Waals surface area (Å²) in [4.78, 5) is 15.1. The van der Waals surface area contributed by atoms with Crippen LogP contribution in [-0.2, 0) is 6.54 Å². The van der Waals surface area contributed by atoms with Gasteiger partial charge in [0.05, 0.1) is 19.7 Å². The first kappa shape index (κ1) is 15.0. The standard InChI is InChI=1S/C18H18N2O3/c1-22-16-9-12-8-13(11-19-14-6-4-3-5-7-14)18(21)20-15(12)10-17(16)23-2/h3-10,19H,11H2,1-2H3,(H,20,21). The Morgan fingerprint density at radius 3 is 2.39 bits per heavy atom. The van der Waals surface area contributed by atoms with Crippen molar-refractivity contribution >= 4 is 16.6 Å². The predicted octanol–water partition coefficient (Wildman–Crippen LogP) is 3.16. The fourth-order valence-corrected chi connectivity index (χ4v) is 2.46. The van der Waals surface area contributed by atoms with Crippen LogP contribution in [-0.4, -0.2) is 19.2 Å². The smallest absolute Gasteiger partial charge is 0.253 e. The van der Waals surface area contributed by atoms with Crippen LogP contribution >= 0.6 is 0 Å². The van der Waals surface area contributed by atoms with Crippen LogP contribution in [0.15, 0.2) is 53.3 Å². The number of fused-ring (bicyclic) bond motifs is 1. The Bertz CT molecular complexity index is 873. The van der Waals surface area contributed by atoms with Crippen LogP contribution in [0.3, 0.4) is 0 Å². The number of ether oxygens (including phenoxy) is 2. The first-order chi connectivity index (χ1) is 11.2. The number of anilines is 1. The van der Waals surface area contributed by atoms with Gasteiger partial charge < -0.3 is 19.8 Å². The molecule has 0 bridgehead atoms. The first-order valence-corrected chi connectivity index (χ1v) is 7.28.